The topological polar surface area (TPSA) is 71.7 Å². The average Bonchev–Trinajstić information content (AvgIpc) is 3.01. The molecule has 0 saturated carbocycles. The van der Waals surface area contributed by atoms with E-state index in [1.54, 1.807) is 11.2 Å². The summed E-state index contributed by atoms with van der Waals surface area (Å²) in [6.45, 7) is 4.77. The molecule has 3 heterocycles. The van der Waals surface area contributed by atoms with Gasteiger partial charge in [-0.05, 0) is 19.1 Å². The van der Waals surface area contributed by atoms with E-state index in [9.17, 15) is 4.79 Å². The van der Waals surface area contributed by atoms with Crippen molar-refractivity contribution in [3.05, 3.63) is 30.6 Å². The Bertz CT molecular complexity index is 884. The Morgan fingerprint density at radius 3 is 2.79 bits per heavy atom. The van der Waals surface area contributed by atoms with Crippen molar-refractivity contribution in [1.82, 2.24) is 14.9 Å². The van der Waals surface area contributed by atoms with Gasteiger partial charge in [0.2, 0.25) is 0 Å². The highest BCUT2D eigenvalue weighted by atomic mass is 16.6. The lowest BCUT2D eigenvalue weighted by molar-refractivity contribution is 0.105. The summed E-state index contributed by atoms with van der Waals surface area (Å²) < 4.78 is 11.0. The highest BCUT2D eigenvalue weighted by Crippen LogP contribution is 2.32. The maximum absolute atomic E-state index is 11.8. The second-order valence-electron chi connectivity index (χ2n) is 5.65. The Hall–Kier alpha value is -2.83. The fourth-order valence-corrected chi connectivity index (χ4v) is 3.05. The van der Waals surface area contributed by atoms with E-state index >= 15 is 0 Å². The third kappa shape index (κ3) is 2.42. The molecule has 3 aromatic rings. The zero-order chi connectivity index (χ0) is 16.5. The van der Waals surface area contributed by atoms with Crippen LogP contribution in [0.25, 0.3) is 22.1 Å². The first kappa shape index (κ1) is 14.7. The molecule has 0 radical (unpaired) electrons. The maximum atomic E-state index is 11.8. The summed E-state index contributed by atoms with van der Waals surface area (Å²) in [5.74, 6) is 0.778. The molecule has 0 spiro atoms. The van der Waals surface area contributed by atoms with Crippen molar-refractivity contribution in [2.75, 3.05) is 37.7 Å². The molecule has 1 aliphatic rings. The summed E-state index contributed by atoms with van der Waals surface area (Å²) in [6, 6.07) is 7.84. The summed E-state index contributed by atoms with van der Waals surface area (Å²) >= 11 is 0. The number of furan rings is 1. The van der Waals surface area contributed by atoms with Crippen molar-refractivity contribution < 1.29 is 13.9 Å². The number of benzene rings is 1. The number of fused-ring (bicyclic) bond motifs is 3. The summed E-state index contributed by atoms with van der Waals surface area (Å²) in [6.07, 6.45) is 1.31. The van der Waals surface area contributed by atoms with Gasteiger partial charge in [0.25, 0.3) is 0 Å². The molecular formula is C17H18N4O3. The maximum Gasteiger partial charge on any atom is 0.409 e. The van der Waals surface area contributed by atoms with Gasteiger partial charge in [-0.1, -0.05) is 12.1 Å². The van der Waals surface area contributed by atoms with Crippen LogP contribution in [-0.2, 0) is 4.74 Å². The van der Waals surface area contributed by atoms with E-state index in [-0.39, 0.29) is 6.09 Å². The van der Waals surface area contributed by atoms with E-state index in [1.165, 1.54) is 0 Å². The molecule has 0 atom stereocenters. The van der Waals surface area contributed by atoms with Crippen LogP contribution in [0.3, 0.4) is 0 Å². The normalized spacial score (nSPS) is 15.2. The van der Waals surface area contributed by atoms with Crippen molar-refractivity contribution in [1.29, 1.82) is 0 Å². The molecule has 0 unspecified atom stereocenters. The molecule has 0 aliphatic carbocycles. The fraction of sp³-hybridized carbons (Fsp3) is 0.353. The van der Waals surface area contributed by atoms with Crippen LogP contribution in [0.4, 0.5) is 10.6 Å². The number of hydrogen-bond donors (Lipinski definition) is 0. The molecule has 7 heteroatoms. The van der Waals surface area contributed by atoms with Gasteiger partial charge in [0.05, 0.1) is 6.61 Å². The van der Waals surface area contributed by atoms with Gasteiger partial charge in [-0.25, -0.2) is 14.8 Å². The van der Waals surface area contributed by atoms with Crippen molar-refractivity contribution in [3.63, 3.8) is 0 Å². The number of amides is 1. The molecule has 0 bridgehead atoms. The number of nitrogens with zero attached hydrogens (tertiary/aromatic N) is 4. The lowest BCUT2D eigenvalue weighted by Crippen LogP contribution is -2.49. The first-order chi connectivity index (χ1) is 11.8. The summed E-state index contributed by atoms with van der Waals surface area (Å²) in [7, 11) is 0. The van der Waals surface area contributed by atoms with Crippen LogP contribution in [0.15, 0.2) is 35.0 Å². The lowest BCUT2D eigenvalue weighted by atomic mass is 10.2. The van der Waals surface area contributed by atoms with Crippen molar-refractivity contribution >= 4 is 34.0 Å². The Labute approximate surface area is 138 Å². The van der Waals surface area contributed by atoms with Crippen LogP contribution in [0, 0.1) is 0 Å². The van der Waals surface area contributed by atoms with Crippen LogP contribution >= 0.6 is 0 Å². The van der Waals surface area contributed by atoms with Crippen LogP contribution in [0.2, 0.25) is 0 Å². The predicted octanol–water partition coefficient (Wildman–Crippen LogP) is 2.65. The lowest BCUT2D eigenvalue weighted by Gasteiger charge is -2.34. The van der Waals surface area contributed by atoms with Crippen molar-refractivity contribution in [2.45, 2.75) is 6.92 Å². The van der Waals surface area contributed by atoms with E-state index in [2.05, 4.69) is 14.9 Å². The van der Waals surface area contributed by atoms with Gasteiger partial charge in [-0.3, -0.25) is 0 Å². The number of aromatic nitrogens is 2. The Balaban J connectivity index is 1.62. The molecule has 124 valence electrons. The van der Waals surface area contributed by atoms with Gasteiger partial charge in [0.15, 0.2) is 11.4 Å². The van der Waals surface area contributed by atoms with Gasteiger partial charge in [-0.2, -0.15) is 0 Å². The molecule has 1 aromatic carbocycles. The van der Waals surface area contributed by atoms with Crippen LogP contribution in [0.5, 0.6) is 0 Å². The predicted molar refractivity (Wildman–Crippen MR) is 90.1 cm³/mol. The number of rotatable bonds is 2. The molecule has 1 amide bonds. The number of ether oxygens (including phenoxy) is 1. The zero-order valence-electron chi connectivity index (χ0n) is 13.4. The van der Waals surface area contributed by atoms with E-state index in [0.717, 1.165) is 22.3 Å². The van der Waals surface area contributed by atoms with Crippen LogP contribution in [0.1, 0.15) is 6.92 Å². The van der Waals surface area contributed by atoms with Crippen LogP contribution in [-0.4, -0.2) is 53.7 Å². The Morgan fingerprint density at radius 2 is 2.00 bits per heavy atom. The molecule has 7 nitrogen and oxygen atoms in total. The second kappa shape index (κ2) is 5.99. The molecule has 0 N–H and O–H groups in total. The van der Waals surface area contributed by atoms with E-state index < -0.39 is 0 Å². The zero-order valence-corrected chi connectivity index (χ0v) is 13.4. The van der Waals surface area contributed by atoms with E-state index in [4.69, 9.17) is 9.15 Å². The minimum Gasteiger partial charge on any atom is -0.450 e. The number of para-hydroxylation sites is 1. The summed E-state index contributed by atoms with van der Waals surface area (Å²) in [4.78, 5) is 24.5. The quantitative estimate of drug-likeness (QED) is 0.721. The number of anilines is 1. The van der Waals surface area contributed by atoms with E-state index in [0.29, 0.717) is 38.4 Å². The van der Waals surface area contributed by atoms with Crippen molar-refractivity contribution in [2.24, 2.45) is 0 Å². The molecule has 1 aliphatic heterocycles. The average molecular weight is 326 g/mol. The molecule has 1 fully saturated rings. The molecular weight excluding hydrogens is 308 g/mol. The van der Waals surface area contributed by atoms with Crippen LogP contribution < -0.4 is 4.90 Å². The minimum absolute atomic E-state index is 0.256. The third-order valence-electron chi connectivity index (χ3n) is 4.24. The van der Waals surface area contributed by atoms with Gasteiger partial charge < -0.3 is 19.0 Å². The van der Waals surface area contributed by atoms with Gasteiger partial charge in [0, 0.05) is 31.6 Å². The summed E-state index contributed by atoms with van der Waals surface area (Å²) in [5.41, 5.74) is 2.33. The van der Waals surface area contributed by atoms with Crippen molar-refractivity contribution in [3.8, 4) is 0 Å². The Kier molecular flexibility index (Phi) is 3.68. The number of carbonyl (C=O) groups is 1. The first-order valence-corrected chi connectivity index (χ1v) is 8.07. The smallest absolute Gasteiger partial charge is 0.409 e. The third-order valence-corrected chi connectivity index (χ3v) is 4.24. The fourth-order valence-electron chi connectivity index (χ4n) is 3.05. The molecule has 1 saturated heterocycles. The largest absolute Gasteiger partial charge is 0.450 e. The second-order valence-corrected chi connectivity index (χ2v) is 5.65. The van der Waals surface area contributed by atoms with E-state index in [1.807, 2.05) is 31.2 Å². The molecule has 2 aromatic heterocycles. The van der Waals surface area contributed by atoms with Gasteiger partial charge in [0.1, 0.15) is 17.4 Å². The van der Waals surface area contributed by atoms with Gasteiger partial charge in [-0.15, -0.1) is 0 Å². The molecule has 4 rings (SSSR count). The number of carbonyl (C=O) groups excluding carboxylic acids is 1. The molecule has 24 heavy (non-hydrogen) atoms. The Morgan fingerprint density at radius 1 is 1.21 bits per heavy atom. The summed E-state index contributed by atoms with van der Waals surface area (Å²) in [5, 5.41) is 0.987. The SMILES string of the molecule is CCOC(=O)N1CCN(c2ncnc3c2oc2ccccc23)CC1. The highest BCUT2D eigenvalue weighted by Gasteiger charge is 2.25. The first-order valence-electron chi connectivity index (χ1n) is 8.07. The highest BCUT2D eigenvalue weighted by molar-refractivity contribution is 6.05. The monoisotopic (exact) mass is 326 g/mol. The number of piperazine rings is 1. The van der Waals surface area contributed by atoms with Gasteiger partial charge >= 0.3 is 6.09 Å². The minimum atomic E-state index is -0.256. The number of hydrogen-bond acceptors (Lipinski definition) is 6. The standard InChI is InChI=1S/C17H18N4O3/c1-2-23-17(22)21-9-7-20(8-10-21)16-15-14(18-11-19-16)12-5-3-4-6-13(12)24-15/h3-6,11H,2,7-10H2,1H3.